The molecule has 0 spiro atoms. The van der Waals surface area contributed by atoms with Crippen LogP contribution in [0.3, 0.4) is 0 Å². The van der Waals surface area contributed by atoms with Crippen molar-refractivity contribution in [3.8, 4) is 6.07 Å². The molecular formula is C20H26N6O2S. The minimum Gasteiger partial charge on any atom is -0.376 e. The molecule has 0 radical (unpaired) electrons. The molecule has 1 saturated carbocycles. The second-order valence-electron chi connectivity index (χ2n) is 7.76. The van der Waals surface area contributed by atoms with Gasteiger partial charge in [-0.3, -0.25) is 4.79 Å². The normalized spacial score (nSPS) is 18.8. The molecule has 2 aromatic heterocycles. The molecule has 1 amide bonds. The summed E-state index contributed by atoms with van der Waals surface area (Å²) >= 11 is 1.39. The molecule has 1 N–H and O–H groups in total. The number of carbonyl (C=O) groups is 1. The summed E-state index contributed by atoms with van der Waals surface area (Å²) < 4.78 is 9.90. The quantitative estimate of drug-likeness (QED) is 0.699. The number of nitrogens with zero attached hydrogens (tertiary/aromatic N) is 5. The van der Waals surface area contributed by atoms with E-state index in [0.29, 0.717) is 24.0 Å². The van der Waals surface area contributed by atoms with Gasteiger partial charge in [0, 0.05) is 18.3 Å². The molecule has 1 unspecified atom stereocenters. The van der Waals surface area contributed by atoms with Crippen LogP contribution in [0.5, 0.6) is 0 Å². The number of carbonyl (C=O) groups excluding carboxylic acids is 1. The van der Waals surface area contributed by atoms with Crippen LogP contribution in [-0.4, -0.2) is 43.7 Å². The van der Waals surface area contributed by atoms with Crippen LogP contribution in [0, 0.1) is 32.1 Å². The number of nitriles is 1. The van der Waals surface area contributed by atoms with E-state index in [9.17, 15) is 10.1 Å². The molecule has 1 atom stereocenters. The predicted octanol–water partition coefficient (Wildman–Crippen LogP) is 3.12. The van der Waals surface area contributed by atoms with Crippen molar-refractivity contribution in [3.63, 3.8) is 0 Å². The zero-order valence-electron chi connectivity index (χ0n) is 17.1. The predicted molar refractivity (Wildman–Crippen MR) is 110 cm³/mol. The summed E-state index contributed by atoms with van der Waals surface area (Å²) in [6, 6.07) is 2.72. The first kappa shape index (κ1) is 20.0. The van der Waals surface area contributed by atoms with E-state index in [0.717, 1.165) is 54.5 Å². The number of aryl methyl sites for hydroxylation is 1. The number of anilines is 1. The molecule has 3 heterocycles. The molecule has 0 aromatic carbocycles. The number of nitrogens with one attached hydrogen (secondary N) is 1. The van der Waals surface area contributed by atoms with Gasteiger partial charge in [0.15, 0.2) is 5.16 Å². The third-order valence-corrected chi connectivity index (χ3v) is 6.63. The molecule has 29 heavy (non-hydrogen) atoms. The number of amides is 1. The van der Waals surface area contributed by atoms with Gasteiger partial charge in [-0.25, -0.2) is 0 Å². The lowest BCUT2D eigenvalue weighted by Crippen LogP contribution is -2.22. The molecule has 2 aliphatic rings. The van der Waals surface area contributed by atoms with E-state index in [1.54, 1.807) is 0 Å². The number of hydrogen-bond donors (Lipinski definition) is 1. The first-order valence-electron chi connectivity index (χ1n) is 10.0. The number of rotatable bonds is 7. The third-order valence-electron chi connectivity index (χ3n) is 5.69. The van der Waals surface area contributed by atoms with Crippen LogP contribution in [0.4, 0.5) is 5.82 Å². The minimum absolute atomic E-state index is 0.122. The van der Waals surface area contributed by atoms with Gasteiger partial charge in [0.1, 0.15) is 17.7 Å². The van der Waals surface area contributed by atoms with E-state index in [1.807, 2.05) is 25.3 Å². The highest BCUT2D eigenvalue weighted by Gasteiger charge is 2.29. The summed E-state index contributed by atoms with van der Waals surface area (Å²) in [5.74, 6) is 1.53. The Morgan fingerprint density at radius 1 is 1.31 bits per heavy atom. The monoisotopic (exact) mass is 414 g/mol. The zero-order chi connectivity index (χ0) is 20.5. The van der Waals surface area contributed by atoms with E-state index in [2.05, 4.69) is 26.2 Å². The number of aromatic nitrogens is 4. The average molecular weight is 415 g/mol. The summed E-state index contributed by atoms with van der Waals surface area (Å²) in [6.45, 7) is 7.26. The molecule has 2 aromatic rings. The highest BCUT2D eigenvalue weighted by atomic mass is 32.2. The van der Waals surface area contributed by atoms with Crippen LogP contribution >= 0.6 is 11.8 Å². The molecule has 1 aliphatic carbocycles. The van der Waals surface area contributed by atoms with Crippen molar-refractivity contribution in [2.24, 2.45) is 0 Å². The summed E-state index contributed by atoms with van der Waals surface area (Å²) in [5.41, 5.74) is 2.41. The first-order chi connectivity index (χ1) is 14.0. The average Bonchev–Trinajstić information content (AvgIpc) is 3.19. The van der Waals surface area contributed by atoms with Crippen LogP contribution in [0.15, 0.2) is 5.16 Å². The minimum atomic E-state index is -0.152. The van der Waals surface area contributed by atoms with Crippen molar-refractivity contribution in [1.29, 1.82) is 5.26 Å². The van der Waals surface area contributed by atoms with Gasteiger partial charge in [-0.2, -0.15) is 5.26 Å². The molecule has 4 rings (SSSR count). The summed E-state index contributed by atoms with van der Waals surface area (Å²) in [5, 5.41) is 21.8. The largest absolute Gasteiger partial charge is 0.376 e. The second kappa shape index (κ2) is 8.20. The lowest BCUT2D eigenvalue weighted by atomic mass is 10.2. The van der Waals surface area contributed by atoms with Gasteiger partial charge in [-0.15, -0.1) is 10.2 Å². The SMILES string of the molecule is Cc1c(C#N)c(NC(=O)CSc2nnc(C)n2C2CC2)n(CC2CCCO2)c1C. The van der Waals surface area contributed by atoms with Gasteiger partial charge in [0.25, 0.3) is 0 Å². The molecule has 8 nitrogen and oxygen atoms in total. The fourth-order valence-corrected chi connectivity index (χ4v) is 4.70. The number of hydrogen-bond acceptors (Lipinski definition) is 6. The standard InChI is InChI=1S/C20H26N6O2S/c1-12-13(2)25(10-16-5-4-8-28-16)19(17(12)9-21)22-18(27)11-29-20-24-23-14(3)26(20)15-6-7-15/h15-16H,4-8,10-11H2,1-3H3,(H,22,27). The maximum absolute atomic E-state index is 12.7. The van der Waals surface area contributed by atoms with E-state index < -0.39 is 0 Å². The van der Waals surface area contributed by atoms with E-state index >= 15 is 0 Å². The fraction of sp³-hybridized carbons (Fsp3) is 0.600. The summed E-state index contributed by atoms with van der Waals surface area (Å²) in [4.78, 5) is 12.7. The highest BCUT2D eigenvalue weighted by Crippen LogP contribution is 2.38. The van der Waals surface area contributed by atoms with Gasteiger partial charge in [-0.1, -0.05) is 11.8 Å². The zero-order valence-corrected chi connectivity index (χ0v) is 17.9. The maximum atomic E-state index is 12.7. The van der Waals surface area contributed by atoms with Crippen molar-refractivity contribution in [3.05, 3.63) is 22.6 Å². The topological polar surface area (TPSA) is 97.8 Å². The van der Waals surface area contributed by atoms with Crippen LogP contribution in [0.2, 0.25) is 0 Å². The smallest absolute Gasteiger partial charge is 0.235 e. The van der Waals surface area contributed by atoms with E-state index in [4.69, 9.17) is 4.74 Å². The lowest BCUT2D eigenvalue weighted by Gasteiger charge is -2.16. The first-order valence-corrected chi connectivity index (χ1v) is 11.0. The third kappa shape index (κ3) is 4.05. The Labute approximate surface area is 174 Å². The van der Waals surface area contributed by atoms with Crippen molar-refractivity contribution in [1.82, 2.24) is 19.3 Å². The maximum Gasteiger partial charge on any atom is 0.235 e. The molecule has 1 saturated heterocycles. The van der Waals surface area contributed by atoms with Crippen LogP contribution in [-0.2, 0) is 16.1 Å². The van der Waals surface area contributed by atoms with Crippen LogP contribution in [0.25, 0.3) is 0 Å². The molecule has 1 aliphatic heterocycles. The van der Waals surface area contributed by atoms with Crippen molar-refractivity contribution in [2.45, 2.75) is 70.3 Å². The summed E-state index contributed by atoms with van der Waals surface area (Å²) in [7, 11) is 0. The second-order valence-corrected chi connectivity index (χ2v) is 8.70. The van der Waals surface area contributed by atoms with Crippen LogP contribution in [0.1, 0.15) is 54.4 Å². The molecular weight excluding hydrogens is 388 g/mol. The van der Waals surface area contributed by atoms with E-state index in [1.165, 1.54) is 11.8 Å². The Bertz CT molecular complexity index is 963. The van der Waals surface area contributed by atoms with Gasteiger partial charge >= 0.3 is 0 Å². The Hall–Kier alpha value is -2.31. The van der Waals surface area contributed by atoms with Gasteiger partial charge in [0.05, 0.1) is 24.0 Å². The lowest BCUT2D eigenvalue weighted by molar-refractivity contribution is -0.113. The van der Waals surface area contributed by atoms with Crippen molar-refractivity contribution >= 4 is 23.5 Å². The van der Waals surface area contributed by atoms with Gasteiger partial charge in [-0.05, 0) is 52.0 Å². The number of ether oxygens (including phenoxy) is 1. The Morgan fingerprint density at radius 2 is 2.10 bits per heavy atom. The van der Waals surface area contributed by atoms with Crippen LogP contribution < -0.4 is 5.32 Å². The van der Waals surface area contributed by atoms with Crippen molar-refractivity contribution in [2.75, 3.05) is 17.7 Å². The molecule has 2 fully saturated rings. The number of thioether (sulfide) groups is 1. The molecule has 0 bridgehead atoms. The van der Waals surface area contributed by atoms with Gasteiger partial charge < -0.3 is 19.2 Å². The Kier molecular flexibility index (Phi) is 5.65. The molecule has 154 valence electrons. The summed E-state index contributed by atoms with van der Waals surface area (Å²) in [6.07, 6.45) is 4.45. The Morgan fingerprint density at radius 3 is 2.76 bits per heavy atom. The Balaban J connectivity index is 1.48. The van der Waals surface area contributed by atoms with Crippen molar-refractivity contribution < 1.29 is 9.53 Å². The highest BCUT2D eigenvalue weighted by molar-refractivity contribution is 7.99. The fourth-order valence-electron chi connectivity index (χ4n) is 3.85. The molecule has 9 heteroatoms. The van der Waals surface area contributed by atoms with E-state index in [-0.39, 0.29) is 17.8 Å². The van der Waals surface area contributed by atoms with Gasteiger partial charge in [0.2, 0.25) is 5.91 Å².